The van der Waals surface area contributed by atoms with Gasteiger partial charge in [0.1, 0.15) is 24.7 Å². The van der Waals surface area contributed by atoms with Gasteiger partial charge in [-0.1, -0.05) is 18.2 Å². The summed E-state index contributed by atoms with van der Waals surface area (Å²) >= 11 is 0. The van der Waals surface area contributed by atoms with E-state index in [-0.39, 0.29) is 24.4 Å². The Morgan fingerprint density at radius 2 is 2.04 bits per heavy atom. The van der Waals surface area contributed by atoms with Gasteiger partial charge in [0.15, 0.2) is 5.76 Å². The van der Waals surface area contributed by atoms with Crippen LogP contribution >= 0.6 is 0 Å². The van der Waals surface area contributed by atoms with E-state index in [2.05, 4.69) is 5.32 Å². The van der Waals surface area contributed by atoms with E-state index < -0.39 is 0 Å². The molecule has 1 saturated heterocycles. The van der Waals surface area contributed by atoms with Gasteiger partial charge in [-0.15, -0.1) is 0 Å². The van der Waals surface area contributed by atoms with Gasteiger partial charge in [-0.3, -0.25) is 4.79 Å². The number of amides is 2. The van der Waals surface area contributed by atoms with Crippen molar-refractivity contribution in [2.45, 2.75) is 13.0 Å². The molecule has 1 aromatic heterocycles. The highest BCUT2D eigenvalue weighted by atomic mass is 16.6. The van der Waals surface area contributed by atoms with E-state index in [1.807, 2.05) is 30.3 Å². The molecule has 1 aliphatic heterocycles. The van der Waals surface area contributed by atoms with Gasteiger partial charge < -0.3 is 24.1 Å². The van der Waals surface area contributed by atoms with Crippen molar-refractivity contribution >= 4 is 12.0 Å². The summed E-state index contributed by atoms with van der Waals surface area (Å²) in [5, 5.41) is 2.77. The smallest absolute Gasteiger partial charge is 0.409 e. The van der Waals surface area contributed by atoms with E-state index in [9.17, 15) is 9.59 Å². The molecule has 0 bridgehead atoms. The Kier molecular flexibility index (Phi) is 5.56. The molecule has 0 saturated carbocycles. The highest BCUT2D eigenvalue weighted by Crippen LogP contribution is 2.14. The lowest BCUT2D eigenvalue weighted by molar-refractivity contribution is 0.0920. The van der Waals surface area contributed by atoms with Crippen molar-refractivity contribution in [3.63, 3.8) is 0 Å². The SMILES string of the molecule is O=C(NCCCN1CCOC1=O)c1ccc(COc2ccccc2)o1. The number of rotatable bonds is 8. The average molecular weight is 344 g/mol. The molecule has 0 spiro atoms. The Labute approximate surface area is 145 Å². The molecule has 1 fully saturated rings. The van der Waals surface area contributed by atoms with Crippen LogP contribution < -0.4 is 10.1 Å². The van der Waals surface area contributed by atoms with E-state index in [0.717, 1.165) is 5.75 Å². The predicted octanol–water partition coefficient (Wildman–Crippen LogP) is 2.43. The monoisotopic (exact) mass is 344 g/mol. The van der Waals surface area contributed by atoms with E-state index >= 15 is 0 Å². The predicted molar refractivity (Wildman–Crippen MR) is 89.4 cm³/mol. The summed E-state index contributed by atoms with van der Waals surface area (Å²) in [5.41, 5.74) is 0. The third-order valence-corrected chi connectivity index (χ3v) is 3.75. The van der Waals surface area contributed by atoms with Crippen LogP contribution in [0, 0.1) is 0 Å². The number of furan rings is 1. The van der Waals surface area contributed by atoms with Crippen molar-refractivity contribution in [1.29, 1.82) is 0 Å². The topological polar surface area (TPSA) is 81.0 Å². The van der Waals surface area contributed by atoms with Crippen molar-refractivity contribution < 1.29 is 23.5 Å². The second kappa shape index (κ2) is 8.23. The molecule has 2 heterocycles. The molecule has 7 nitrogen and oxygen atoms in total. The number of hydrogen-bond acceptors (Lipinski definition) is 5. The zero-order valence-corrected chi connectivity index (χ0v) is 13.8. The first kappa shape index (κ1) is 16.9. The van der Waals surface area contributed by atoms with Gasteiger partial charge in [0.2, 0.25) is 0 Å². The lowest BCUT2D eigenvalue weighted by Crippen LogP contribution is -2.30. The largest absolute Gasteiger partial charge is 0.486 e. The van der Waals surface area contributed by atoms with Crippen molar-refractivity contribution in [2.24, 2.45) is 0 Å². The third-order valence-electron chi connectivity index (χ3n) is 3.75. The first-order chi connectivity index (χ1) is 12.2. The molecule has 7 heteroatoms. The zero-order valence-electron chi connectivity index (χ0n) is 13.8. The lowest BCUT2D eigenvalue weighted by atomic mass is 10.3. The van der Waals surface area contributed by atoms with Crippen LogP contribution in [0.2, 0.25) is 0 Å². The highest BCUT2D eigenvalue weighted by Gasteiger charge is 2.21. The van der Waals surface area contributed by atoms with Crippen LogP contribution in [0.1, 0.15) is 22.7 Å². The maximum Gasteiger partial charge on any atom is 0.409 e. The van der Waals surface area contributed by atoms with Gasteiger partial charge in [0.25, 0.3) is 5.91 Å². The Morgan fingerprint density at radius 1 is 1.20 bits per heavy atom. The summed E-state index contributed by atoms with van der Waals surface area (Å²) in [6, 6.07) is 12.7. The molecule has 0 unspecified atom stereocenters. The van der Waals surface area contributed by atoms with Crippen LogP contribution in [0.15, 0.2) is 46.9 Å². The highest BCUT2D eigenvalue weighted by molar-refractivity contribution is 5.91. The van der Waals surface area contributed by atoms with Crippen molar-refractivity contribution in [3.8, 4) is 5.75 Å². The van der Waals surface area contributed by atoms with Gasteiger partial charge in [0, 0.05) is 13.1 Å². The molecule has 0 aliphatic carbocycles. The number of hydrogen-bond donors (Lipinski definition) is 1. The molecule has 0 atom stereocenters. The van der Waals surface area contributed by atoms with E-state index in [1.54, 1.807) is 17.0 Å². The van der Waals surface area contributed by atoms with Crippen molar-refractivity contribution in [3.05, 3.63) is 54.0 Å². The van der Waals surface area contributed by atoms with Crippen LogP contribution in [-0.4, -0.2) is 43.1 Å². The van der Waals surface area contributed by atoms with E-state index in [0.29, 0.717) is 38.4 Å². The first-order valence-electron chi connectivity index (χ1n) is 8.19. The van der Waals surface area contributed by atoms with Gasteiger partial charge >= 0.3 is 6.09 Å². The average Bonchev–Trinajstić information content (AvgIpc) is 3.27. The normalized spacial score (nSPS) is 13.6. The van der Waals surface area contributed by atoms with Crippen molar-refractivity contribution in [2.75, 3.05) is 26.2 Å². The van der Waals surface area contributed by atoms with E-state index in [1.165, 1.54) is 0 Å². The summed E-state index contributed by atoms with van der Waals surface area (Å²) in [4.78, 5) is 24.9. The lowest BCUT2D eigenvalue weighted by Gasteiger charge is -2.12. The van der Waals surface area contributed by atoms with Crippen LogP contribution in [0.5, 0.6) is 5.75 Å². The number of carbonyl (C=O) groups excluding carboxylic acids is 2. The molecule has 2 amide bonds. The number of nitrogens with zero attached hydrogens (tertiary/aromatic N) is 1. The Bertz CT molecular complexity index is 713. The molecule has 132 valence electrons. The number of benzene rings is 1. The maximum absolute atomic E-state index is 12.0. The summed E-state index contributed by atoms with van der Waals surface area (Å²) in [6.45, 7) is 2.32. The number of cyclic esters (lactones) is 1. The minimum atomic E-state index is -0.291. The van der Waals surface area contributed by atoms with Crippen molar-refractivity contribution in [1.82, 2.24) is 10.2 Å². The Morgan fingerprint density at radius 3 is 2.80 bits per heavy atom. The van der Waals surface area contributed by atoms with Gasteiger partial charge in [-0.25, -0.2) is 4.79 Å². The second-order valence-electron chi connectivity index (χ2n) is 5.58. The van der Waals surface area contributed by atoms with E-state index in [4.69, 9.17) is 13.9 Å². The fourth-order valence-corrected chi connectivity index (χ4v) is 2.44. The summed E-state index contributed by atoms with van der Waals surface area (Å²) < 4.78 is 15.9. The zero-order chi connectivity index (χ0) is 17.5. The summed E-state index contributed by atoms with van der Waals surface area (Å²) in [5.74, 6) is 1.28. The van der Waals surface area contributed by atoms with Crippen LogP contribution in [0.4, 0.5) is 4.79 Å². The Balaban J connectivity index is 1.39. The molecular weight excluding hydrogens is 324 g/mol. The van der Waals surface area contributed by atoms with Crippen LogP contribution in [0.3, 0.4) is 0 Å². The maximum atomic E-state index is 12.0. The molecule has 3 rings (SSSR count). The van der Waals surface area contributed by atoms with Gasteiger partial charge in [0.05, 0.1) is 6.54 Å². The molecule has 25 heavy (non-hydrogen) atoms. The quantitative estimate of drug-likeness (QED) is 0.744. The molecule has 2 aromatic rings. The van der Waals surface area contributed by atoms with Crippen LogP contribution in [0.25, 0.3) is 0 Å². The minimum Gasteiger partial charge on any atom is -0.486 e. The number of nitrogens with one attached hydrogen (secondary N) is 1. The number of ether oxygens (including phenoxy) is 2. The fourth-order valence-electron chi connectivity index (χ4n) is 2.44. The fraction of sp³-hybridized carbons (Fsp3) is 0.333. The molecular formula is C18H20N2O5. The first-order valence-corrected chi connectivity index (χ1v) is 8.19. The number of para-hydroxylation sites is 1. The molecule has 1 aliphatic rings. The number of carbonyl (C=O) groups is 2. The summed E-state index contributed by atoms with van der Waals surface area (Å²) in [7, 11) is 0. The third kappa shape index (κ3) is 4.76. The van der Waals surface area contributed by atoms with Gasteiger partial charge in [-0.05, 0) is 30.7 Å². The second-order valence-corrected chi connectivity index (χ2v) is 5.58. The molecule has 1 aromatic carbocycles. The summed E-state index contributed by atoms with van der Waals surface area (Å²) in [6.07, 6.45) is 0.367. The Hall–Kier alpha value is -2.96. The molecule has 1 N–H and O–H groups in total. The molecule has 0 radical (unpaired) electrons. The standard InChI is InChI=1S/C18H20N2O5/c21-17(19-9-4-10-20-11-12-23-18(20)22)16-8-7-15(25-16)13-24-14-5-2-1-3-6-14/h1-3,5-8H,4,9-13H2,(H,19,21). The van der Waals surface area contributed by atoms with Crippen LogP contribution in [-0.2, 0) is 11.3 Å². The minimum absolute atomic E-state index is 0.243. The van der Waals surface area contributed by atoms with Gasteiger partial charge in [-0.2, -0.15) is 0 Å².